The zero-order chi connectivity index (χ0) is 17.1. The molecule has 0 spiro atoms. The summed E-state index contributed by atoms with van der Waals surface area (Å²) in [6.07, 6.45) is -0.578. The van der Waals surface area contributed by atoms with Gasteiger partial charge in [0.05, 0.1) is 0 Å². The van der Waals surface area contributed by atoms with Crippen LogP contribution in [0.5, 0.6) is 5.75 Å². The number of aryl methyl sites for hydroxylation is 2. The van der Waals surface area contributed by atoms with Crippen molar-refractivity contribution in [3.05, 3.63) is 71.8 Å². The Labute approximate surface area is 142 Å². The number of carbonyl (C=O) groups is 1. The van der Waals surface area contributed by atoms with Crippen LogP contribution in [0.25, 0.3) is 10.8 Å². The Morgan fingerprint density at radius 3 is 2.50 bits per heavy atom. The van der Waals surface area contributed by atoms with E-state index in [0.717, 1.165) is 22.0 Å². The minimum atomic E-state index is -0.578. The largest absolute Gasteiger partial charge is 0.481 e. The molecular formula is C21H21NO2. The maximum Gasteiger partial charge on any atom is 0.265 e. The van der Waals surface area contributed by atoms with Gasteiger partial charge in [0.2, 0.25) is 0 Å². The van der Waals surface area contributed by atoms with E-state index >= 15 is 0 Å². The van der Waals surface area contributed by atoms with Gasteiger partial charge in [0, 0.05) is 11.1 Å². The van der Waals surface area contributed by atoms with E-state index in [4.69, 9.17) is 4.74 Å². The minimum absolute atomic E-state index is 0.162. The number of anilines is 1. The number of benzene rings is 3. The van der Waals surface area contributed by atoms with E-state index in [9.17, 15) is 4.79 Å². The summed E-state index contributed by atoms with van der Waals surface area (Å²) in [5.41, 5.74) is 3.15. The average molecular weight is 319 g/mol. The van der Waals surface area contributed by atoms with Crippen LogP contribution in [-0.4, -0.2) is 12.0 Å². The quantitative estimate of drug-likeness (QED) is 0.745. The predicted octanol–water partition coefficient (Wildman–Crippen LogP) is 4.86. The van der Waals surface area contributed by atoms with Crippen molar-refractivity contribution >= 4 is 22.4 Å². The van der Waals surface area contributed by atoms with E-state index < -0.39 is 6.10 Å². The van der Waals surface area contributed by atoms with Crippen molar-refractivity contribution in [3.63, 3.8) is 0 Å². The number of amides is 1. The summed E-state index contributed by atoms with van der Waals surface area (Å²) in [6, 6.07) is 19.7. The summed E-state index contributed by atoms with van der Waals surface area (Å²) in [4.78, 5) is 12.5. The van der Waals surface area contributed by atoms with Gasteiger partial charge in [-0.1, -0.05) is 42.5 Å². The van der Waals surface area contributed by atoms with Crippen LogP contribution < -0.4 is 10.1 Å². The van der Waals surface area contributed by atoms with E-state index in [-0.39, 0.29) is 5.91 Å². The first-order chi connectivity index (χ1) is 11.5. The normalized spacial score (nSPS) is 12.0. The van der Waals surface area contributed by atoms with Crippen molar-refractivity contribution < 1.29 is 9.53 Å². The fraction of sp³-hybridized carbons (Fsp3) is 0.190. The number of hydrogen-bond donors (Lipinski definition) is 1. The average Bonchev–Trinajstić information content (AvgIpc) is 2.58. The van der Waals surface area contributed by atoms with Gasteiger partial charge in [0.25, 0.3) is 5.91 Å². The summed E-state index contributed by atoms with van der Waals surface area (Å²) in [5, 5.41) is 5.08. The second-order valence-corrected chi connectivity index (χ2v) is 6.02. The molecule has 1 atom stereocenters. The molecule has 3 heteroatoms. The second kappa shape index (κ2) is 6.75. The van der Waals surface area contributed by atoms with Crippen molar-refractivity contribution in [3.8, 4) is 5.75 Å². The monoisotopic (exact) mass is 319 g/mol. The van der Waals surface area contributed by atoms with E-state index in [1.807, 2.05) is 67.6 Å². The molecule has 0 fully saturated rings. The highest BCUT2D eigenvalue weighted by molar-refractivity contribution is 6.03. The van der Waals surface area contributed by atoms with Gasteiger partial charge in [0.15, 0.2) is 6.10 Å². The van der Waals surface area contributed by atoms with Crippen LogP contribution in [0.1, 0.15) is 18.1 Å². The number of ether oxygens (including phenoxy) is 1. The fourth-order valence-corrected chi connectivity index (χ4v) is 2.61. The van der Waals surface area contributed by atoms with Gasteiger partial charge >= 0.3 is 0 Å². The summed E-state index contributed by atoms with van der Waals surface area (Å²) in [7, 11) is 0. The molecule has 0 radical (unpaired) electrons. The number of hydrogen-bond acceptors (Lipinski definition) is 2. The van der Waals surface area contributed by atoms with E-state index in [2.05, 4.69) is 12.2 Å². The minimum Gasteiger partial charge on any atom is -0.481 e. The van der Waals surface area contributed by atoms with E-state index in [1.54, 1.807) is 6.92 Å². The first-order valence-corrected chi connectivity index (χ1v) is 8.07. The van der Waals surface area contributed by atoms with Crippen LogP contribution in [0.3, 0.4) is 0 Å². The first-order valence-electron chi connectivity index (χ1n) is 8.07. The van der Waals surface area contributed by atoms with Crippen LogP contribution in [0.15, 0.2) is 60.7 Å². The molecule has 0 saturated heterocycles. The van der Waals surface area contributed by atoms with Crippen molar-refractivity contribution in [2.45, 2.75) is 26.9 Å². The number of rotatable bonds is 4. The van der Waals surface area contributed by atoms with Crippen LogP contribution >= 0.6 is 0 Å². The van der Waals surface area contributed by atoms with Crippen molar-refractivity contribution in [2.75, 3.05) is 5.32 Å². The van der Waals surface area contributed by atoms with Crippen LogP contribution in [0, 0.1) is 13.8 Å². The van der Waals surface area contributed by atoms with Gasteiger partial charge in [0.1, 0.15) is 5.75 Å². The van der Waals surface area contributed by atoms with Crippen LogP contribution in [0.2, 0.25) is 0 Å². The van der Waals surface area contributed by atoms with Gasteiger partial charge in [-0.15, -0.1) is 0 Å². The molecule has 0 aromatic heterocycles. The Balaban J connectivity index is 1.75. The predicted molar refractivity (Wildman–Crippen MR) is 98.6 cm³/mol. The number of nitrogens with one attached hydrogen (secondary N) is 1. The molecular weight excluding hydrogens is 298 g/mol. The molecule has 0 aliphatic carbocycles. The molecule has 0 aliphatic rings. The smallest absolute Gasteiger partial charge is 0.265 e. The molecule has 0 aliphatic heterocycles. The lowest BCUT2D eigenvalue weighted by Gasteiger charge is -2.16. The molecule has 3 rings (SSSR count). The molecule has 122 valence electrons. The third-order valence-electron chi connectivity index (χ3n) is 4.21. The lowest BCUT2D eigenvalue weighted by Crippen LogP contribution is -2.30. The van der Waals surface area contributed by atoms with Gasteiger partial charge in [-0.25, -0.2) is 0 Å². The summed E-state index contributed by atoms with van der Waals surface area (Å²) >= 11 is 0. The van der Waals surface area contributed by atoms with Crippen molar-refractivity contribution in [1.82, 2.24) is 0 Å². The third kappa shape index (κ3) is 3.40. The SMILES string of the molecule is Cc1ccc(O[C@@H](C)C(=O)Nc2cccc3ccccc23)cc1C. The second-order valence-electron chi connectivity index (χ2n) is 6.02. The fourth-order valence-electron chi connectivity index (χ4n) is 2.61. The Kier molecular flexibility index (Phi) is 4.52. The highest BCUT2D eigenvalue weighted by Gasteiger charge is 2.16. The third-order valence-corrected chi connectivity index (χ3v) is 4.21. The van der Waals surface area contributed by atoms with Gasteiger partial charge in [-0.2, -0.15) is 0 Å². The Hall–Kier alpha value is -2.81. The molecule has 3 aromatic rings. The molecule has 0 bridgehead atoms. The molecule has 1 N–H and O–H groups in total. The molecule has 3 nitrogen and oxygen atoms in total. The zero-order valence-electron chi connectivity index (χ0n) is 14.2. The van der Waals surface area contributed by atoms with Crippen LogP contribution in [0.4, 0.5) is 5.69 Å². The summed E-state index contributed by atoms with van der Waals surface area (Å²) in [5.74, 6) is 0.545. The number of fused-ring (bicyclic) bond motifs is 1. The van der Waals surface area contributed by atoms with E-state index in [1.165, 1.54) is 5.56 Å². The molecule has 0 unspecified atom stereocenters. The van der Waals surface area contributed by atoms with Crippen molar-refractivity contribution in [1.29, 1.82) is 0 Å². The summed E-state index contributed by atoms with van der Waals surface area (Å²) in [6.45, 7) is 5.84. The van der Waals surface area contributed by atoms with Gasteiger partial charge < -0.3 is 10.1 Å². The Morgan fingerprint density at radius 1 is 0.958 bits per heavy atom. The Morgan fingerprint density at radius 2 is 1.71 bits per heavy atom. The van der Waals surface area contributed by atoms with Gasteiger partial charge in [-0.05, 0) is 55.5 Å². The topological polar surface area (TPSA) is 38.3 Å². The lowest BCUT2D eigenvalue weighted by atomic mass is 10.1. The lowest BCUT2D eigenvalue weighted by molar-refractivity contribution is -0.122. The Bertz CT molecular complexity index is 881. The van der Waals surface area contributed by atoms with Crippen molar-refractivity contribution in [2.24, 2.45) is 0 Å². The maximum absolute atomic E-state index is 12.5. The van der Waals surface area contributed by atoms with Gasteiger partial charge in [-0.3, -0.25) is 4.79 Å². The highest BCUT2D eigenvalue weighted by Crippen LogP contribution is 2.23. The zero-order valence-corrected chi connectivity index (χ0v) is 14.2. The molecule has 24 heavy (non-hydrogen) atoms. The highest BCUT2D eigenvalue weighted by atomic mass is 16.5. The molecule has 3 aromatic carbocycles. The van der Waals surface area contributed by atoms with E-state index in [0.29, 0.717) is 5.75 Å². The molecule has 0 heterocycles. The molecule has 1 amide bonds. The maximum atomic E-state index is 12.5. The molecule has 0 saturated carbocycles. The van der Waals surface area contributed by atoms with Crippen LogP contribution in [-0.2, 0) is 4.79 Å². The summed E-state index contributed by atoms with van der Waals surface area (Å²) < 4.78 is 5.78. The first kappa shape index (κ1) is 16.1. The standard InChI is InChI=1S/C21H21NO2/c1-14-11-12-18(13-15(14)2)24-16(3)21(23)22-20-10-6-8-17-7-4-5-9-19(17)20/h4-13,16H,1-3H3,(H,22,23)/t16-/m0/s1. The number of carbonyl (C=O) groups excluding carboxylic acids is 1.